The maximum absolute atomic E-state index is 10.4. The number of hydrogen-bond acceptors (Lipinski definition) is 4. The standard InChI is InChI=1S/C7H10N2O2S.Li.H/c1-7(2,3)6-9-8-4(12-6)5(10)11;;/h1-3H3,(H,10,11);;/q;+1;-1. The first-order valence-electron chi connectivity index (χ1n) is 3.48. The third kappa shape index (κ3) is 3.11. The summed E-state index contributed by atoms with van der Waals surface area (Å²) < 4.78 is 0. The van der Waals surface area contributed by atoms with Crippen molar-refractivity contribution in [3.8, 4) is 0 Å². The zero-order valence-corrected chi connectivity index (χ0v) is 8.97. The molecule has 0 aromatic carbocycles. The molecule has 0 radical (unpaired) electrons. The number of aromatic carboxylic acids is 1. The fourth-order valence-electron chi connectivity index (χ4n) is 0.613. The van der Waals surface area contributed by atoms with Crippen molar-refractivity contribution in [2.24, 2.45) is 0 Å². The van der Waals surface area contributed by atoms with Gasteiger partial charge >= 0.3 is 24.8 Å². The average Bonchev–Trinajstić information content (AvgIpc) is 2.30. The third-order valence-corrected chi connectivity index (χ3v) is 2.59. The van der Waals surface area contributed by atoms with Crippen LogP contribution in [0.25, 0.3) is 0 Å². The first kappa shape index (κ1) is 12.6. The number of aromatic nitrogens is 2. The second-order valence-electron chi connectivity index (χ2n) is 3.47. The van der Waals surface area contributed by atoms with Crippen LogP contribution in [0.2, 0.25) is 0 Å². The van der Waals surface area contributed by atoms with Crippen LogP contribution in [0.3, 0.4) is 0 Å². The predicted octanol–water partition coefficient (Wildman–Crippen LogP) is -1.35. The van der Waals surface area contributed by atoms with Crippen LogP contribution in [0.4, 0.5) is 0 Å². The number of carbonyl (C=O) groups is 1. The van der Waals surface area contributed by atoms with Gasteiger partial charge in [-0.05, 0) is 0 Å². The molecular weight excluding hydrogens is 183 g/mol. The predicted molar refractivity (Wildman–Crippen MR) is 46.7 cm³/mol. The van der Waals surface area contributed by atoms with E-state index < -0.39 is 5.97 Å². The number of nitrogens with zero attached hydrogens (tertiary/aromatic N) is 2. The Morgan fingerprint density at radius 3 is 2.23 bits per heavy atom. The Hall–Kier alpha value is -0.373. The molecule has 0 saturated heterocycles. The SMILES string of the molecule is CC(C)(C)c1nnc(C(=O)O)s1.[H-].[Li+]. The van der Waals surface area contributed by atoms with E-state index in [0.717, 1.165) is 16.3 Å². The van der Waals surface area contributed by atoms with Gasteiger partial charge in [0.1, 0.15) is 5.01 Å². The summed E-state index contributed by atoms with van der Waals surface area (Å²) in [6.07, 6.45) is 0. The topological polar surface area (TPSA) is 63.1 Å². The van der Waals surface area contributed by atoms with Crippen molar-refractivity contribution in [2.75, 3.05) is 0 Å². The maximum atomic E-state index is 10.4. The van der Waals surface area contributed by atoms with E-state index in [9.17, 15) is 4.79 Å². The van der Waals surface area contributed by atoms with Crippen molar-refractivity contribution in [1.29, 1.82) is 0 Å². The van der Waals surface area contributed by atoms with Gasteiger partial charge < -0.3 is 6.53 Å². The molecule has 1 rings (SSSR count). The molecule has 4 nitrogen and oxygen atoms in total. The van der Waals surface area contributed by atoms with Gasteiger partial charge in [0.15, 0.2) is 0 Å². The zero-order valence-electron chi connectivity index (χ0n) is 9.16. The van der Waals surface area contributed by atoms with E-state index in [0.29, 0.717) is 0 Å². The molecule has 0 amide bonds. The van der Waals surface area contributed by atoms with Gasteiger partial charge in [-0.25, -0.2) is 4.79 Å². The van der Waals surface area contributed by atoms with E-state index in [1.165, 1.54) is 0 Å². The first-order valence-corrected chi connectivity index (χ1v) is 4.30. The van der Waals surface area contributed by atoms with E-state index in [1.807, 2.05) is 20.8 Å². The molecule has 0 bridgehead atoms. The monoisotopic (exact) mass is 194 g/mol. The summed E-state index contributed by atoms with van der Waals surface area (Å²) in [5, 5.41) is 16.7. The molecule has 0 aliphatic rings. The third-order valence-electron chi connectivity index (χ3n) is 1.25. The number of carboxylic acid groups (broad SMARTS) is 1. The van der Waals surface area contributed by atoms with E-state index in [-0.39, 0.29) is 30.7 Å². The summed E-state index contributed by atoms with van der Waals surface area (Å²) in [5.74, 6) is -1.01. The van der Waals surface area contributed by atoms with Crippen molar-refractivity contribution in [1.82, 2.24) is 10.2 Å². The van der Waals surface area contributed by atoms with Crippen LogP contribution >= 0.6 is 11.3 Å². The Kier molecular flexibility index (Phi) is 4.11. The molecule has 0 spiro atoms. The second-order valence-corrected chi connectivity index (χ2v) is 4.45. The van der Waals surface area contributed by atoms with Crippen LogP contribution in [0.5, 0.6) is 0 Å². The van der Waals surface area contributed by atoms with Crippen LogP contribution in [0, 0.1) is 0 Å². The summed E-state index contributed by atoms with van der Waals surface area (Å²) in [7, 11) is 0. The van der Waals surface area contributed by atoms with Gasteiger partial charge in [-0.1, -0.05) is 32.1 Å². The van der Waals surface area contributed by atoms with Crippen molar-refractivity contribution in [3.05, 3.63) is 10.0 Å². The summed E-state index contributed by atoms with van der Waals surface area (Å²) in [5.41, 5.74) is -0.120. The number of hydrogen-bond donors (Lipinski definition) is 1. The molecule has 0 aliphatic carbocycles. The van der Waals surface area contributed by atoms with Crippen molar-refractivity contribution in [3.63, 3.8) is 0 Å². The minimum atomic E-state index is -1.01. The summed E-state index contributed by atoms with van der Waals surface area (Å²) in [4.78, 5) is 10.4. The fraction of sp³-hybridized carbons (Fsp3) is 0.571. The molecule has 1 aromatic rings. The van der Waals surface area contributed by atoms with Crippen LogP contribution < -0.4 is 18.9 Å². The van der Waals surface area contributed by atoms with E-state index >= 15 is 0 Å². The molecule has 0 unspecified atom stereocenters. The van der Waals surface area contributed by atoms with Gasteiger partial charge in [0.25, 0.3) is 0 Å². The quantitative estimate of drug-likeness (QED) is 0.561. The van der Waals surface area contributed by atoms with E-state index in [4.69, 9.17) is 5.11 Å². The normalized spacial score (nSPS) is 10.7. The molecule has 0 saturated carbocycles. The smallest absolute Gasteiger partial charge is 1.00 e. The molecule has 1 aromatic heterocycles. The second kappa shape index (κ2) is 4.23. The molecule has 6 heteroatoms. The summed E-state index contributed by atoms with van der Waals surface area (Å²) in [6.45, 7) is 5.91. The first-order chi connectivity index (χ1) is 5.41. The van der Waals surface area contributed by atoms with Gasteiger partial charge in [0.05, 0.1) is 0 Å². The van der Waals surface area contributed by atoms with Crippen molar-refractivity contribution >= 4 is 17.3 Å². The zero-order chi connectivity index (χ0) is 9.35. The minimum absolute atomic E-state index is 0. The van der Waals surface area contributed by atoms with Crippen molar-refractivity contribution in [2.45, 2.75) is 26.2 Å². The Labute approximate surface area is 94.0 Å². The maximum Gasteiger partial charge on any atom is 1.00 e. The minimum Gasteiger partial charge on any atom is -1.00 e. The Bertz CT molecular complexity index is 311. The Morgan fingerprint density at radius 2 is 2.00 bits per heavy atom. The van der Waals surface area contributed by atoms with Crippen LogP contribution in [-0.2, 0) is 5.41 Å². The molecular formula is C7H11LiN2O2S. The summed E-state index contributed by atoms with van der Waals surface area (Å²) in [6, 6.07) is 0. The molecule has 0 aliphatic heterocycles. The molecule has 0 atom stereocenters. The van der Waals surface area contributed by atoms with Crippen molar-refractivity contribution < 1.29 is 30.2 Å². The summed E-state index contributed by atoms with van der Waals surface area (Å²) >= 11 is 1.13. The van der Waals surface area contributed by atoms with Gasteiger partial charge in [0.2, 0.25) is 5.01 Å². The molecule has 13 heavy (non-hydrogen) atoms. The van der Waals surface area contributed by atoms with Crippen LogP contribution in [0.15, 0.2) is 0 Å². The Balaban J connectivity index is 0. The van der Waals surface area contributed by atoms with Gasteiger partial charge in [-0.15, -0.1) is 10.2 Å². The van der Waals surface area contributed by atoms with Gasteiger partial charge in [-0.2, -0.15) is 0 Å². The van der Waals surface area contributed by atoms with E-state index in [2.05, 4.69) is 10.2 Å². The number of rotatable bonds is 1. The molecule has 1 heterocycles. The molecule has 0 fully saturated rings. The van der Waals surface area contributed by atoms with E-state index in [1.54, 1.807) is 0 Å². The largest absolute Gasteiger partial charge is 1.00 e. The van der Waals surface area contributed by atoms with Gasteiger partial charge in [-0.3, -0.25) is 0 Å². The fourth-order valence-corrected chi connectivity index (χ4v) is 1.35. The van der Waals surface area contributed by atoms with Crippen LogP contribution in [0.1, 0.15) is 37.0 Å². The number of carboxylic acids is 1. The molecule has 68 valence electrons. The van der Waals surface area contributed by atoms with Gasteiger partial charge in [0, 0.05) is 5.41 Å². The average molecular weight is 194 g/mol. The van der Waals surface area contributed by atoms with Crippen LogP contribution in [-0.4, -0.2) is 21.3 Å². The Morgan fingerprint density at radius 1 is 1.46 bits per heavy atom. The molecule has 1 N–H and O–H groups in total.